The third kappa shape index (κ3) is 14.3. The third-order valence-corrected chi connectivity index (χ3v) is 19.5. The molecule has 0 fully saturated rings. The summed E-state index contributed by atoms with van der Waals surface area (Å²) in [6.45, 7) is 24.7. The van der Waals surface area contributed by atoms with E-state index >= 15 is 0 Å². The number of aromatic nitrogens is 1. The summed E-state index contributed by atoms with van der Waals surface area (Å²) in [4.78, 5) is 19.2. The maximum Gasteiger partial charge on any atom is 0.124 e. The van der Waals surface area contributed by atoms with Crippen LogP contribution in [0.25, 0.3) is 50.5 Å². The van der Waals surface area contributed by atoms with Crippen LogP contribution in [0.5, 0.6) is 5.75 Å². The normalized spacial score (nSPS) is 15.9. The van der Waals surface area contributed by atoms with Crippen molar-refractivity contribution in [3.05, 3.63) is 325 Å². The average molecular weight is 1820 g/mol. The van der Waals surface area contributed by atoms with Crippen LogP contribution in [0.3, 0.4) is 0 Å². The zero-order chi connectivity index (χ0) is 64.6. The summed E-state index contributed by atoms with van der Waals surface area (Å²) in [5.74, 6) is 2.39. The summed E-state index contributed by atoms with van der Waals surface area (Å²) in [5, 5.41) is 1.65. The number of benzene rings is 9. The van der Waals surface area contributed by atoms with Gasteiger partial charge in [0.2, 0.25) is 0 Å². The van der Waals surface area contributed by atoms with Crippen molar-refractivity contribution in [2.24, 2.45) is 0 Å². The van der Waals surface area contributed by atoms with Crippen molar-refractivity contribution < 1.29 is 69.5 Å². The van der Waals surface area contributed by atoms with Gasteiger partial charge in [0.05, 0.1) is 6.61 Å². The molecule has 5 aliphatic heterocycles. The fourth-order valence-electron chi connectivity index (χ4n) is 13.7. The molecule has 9 nitrogen and oxygen atoms in total. The molecule has 7 heterocycles. The summed E-state index contributed by atoms with van der Waals surface area (Å²) in [7, 11) is 2.08. The molecule has 13 heteroatoms. The second kappa shape index (κ2) is 30.7. The number of fused-ring (bicyclic) bond motifs is 3. The molecule has 0 saturated heterocycles. The molecule has 0 amide bonds. The number of ether oxygens (including phenoxy) is 1. The molecule has 0 bridgehead atoms. The van der Waals surface area contributed by atoms with Gasteiger partial charge in [-0.3, -0.25) is 4.98 Å². The quantitative estimate of drug-likeness (QED) is 0.124. The Labute approximate surface area is 617 Å². The second-order valence-corrected chi connectivity index (χ2v) is 26.2. The largest absolute Gasteiger partial charge is 0.549 e. The van der Waals surface area contributed by atoms with E-state index in [-0.39, 0.29) is 60.3 Å². The summed E-state index contributed by atoms with van der Waals surface area (Å²) in [6, 6.07) is 81.7. The second-order valence-electron chi connectivity index (χ2n) is 24.8. The number of hydrogen-bond acceptors (Lipinski definition) is 10. The zero-order valence-corrected chi connectivity index (χ0v) is 63.7. The van der Waals surface area contributed by atoms with Crippen LogP contribution in [0.2, 0.25) is 0 Å². The van der Waals surface area contributed by atoms with Crippen molar-refractivity contribution in [3.8, 4) is 28.2 Å². The number of para-hydroxylation sites is 2. The Morgan fingerprint density at radius 2 is 1.03 bits per heavy atom. The molecular weight excluding hydrogens is 1750 g/mol. The molecule has 0 aliphatic carbocycles. The molecule has 11 aromatic rings. The monoisotopic (exact) mass is 1820 g/mol. The first-order valence-electron chi connectivity index (χ1n) is 32.4. The number of rotatable bonds is 10. The Bertz CT molecular complexity index is 4630. The number of thioether (sulfide) groups is 1. The molecule has 2 atom stereocenters. The van der Waals surface area contributed by atoms with E-state index in [1.54, 1.807) is 0 Å². The maximum atomic E-state index is 6.77. The minimum atomic E-state index is 0. The van der Waals surface area contributed by atoms with Crippen LogP contribution < -0.4 is 29.2 Å². The average Bonchev–Trinajstić information content (AvgIpc) is 1.51. The topological polar surface area (TPSA) is 54.7 Å². The van der Waals surface area contributed by atoms with Crippen molar-refractivity contribution in [1.29, 1.82) is 0 Å². The molecule has 497 valence electrons. The van der Waals surface area contributed by atoms with Crippen LogP contribution in [-0.4, -0.2) is 28.8 Å². The first-order chi connectivity index (χ1) is 45.8. The van der Waals surface area contributed by atoms with Gasteiger partial charge in [-0.1, -0.05) is 186 Å². The number of hydrogen-bond donors (Lipinski definition) is 0. The van der Waals surface area contributed by atoms with Crippen molar-refractivity contribution in [1.82, 2.24) is 9.88 Å². The minimum absolute atomic E-state index is 0. The van der Waals surface area contributed by atoms with Gasteiger partial charge >= 0.3 is 0 Å². The number of pyridine rings is 1. The fourth-order valence-corrected chi connectivity index (χ4v) is 15.0. The molecule has 2 aromatic heterocycles. The summed E-state index contributed by atoms with van der Waals surface area (Å²) >= 11 is 1.97. The number of aryl methyl sites for hydroxylation is 7. The molecule has 0 spiro atoms. The zero-order valence-electron chi connectivity index (χ0n) is 55.7. The molecular formula is C84H75Ir3N7O2S-6. The van der Waals surface area contributed by atoms with Crippen molar-refractivity contribution >= 4 is 68.3 Å². The van der Waals surface area contributed by atoms with E-state index in [1.807, 2.05) is 66.4 Å². The van der Waals surface area contributed by atoms with Crippen LogP contribution in [0, 0.1) is 79.7 Å². The van der Waals surface area contributed by atoms with Crippen molar-refractivity contribution in [2.75, 3.05) is 38.2 Å². The maximum absolute atomic E-state index is 6.77. The van der Waals surface area contributed by atoms with Gasteiger partial charge in [-0.25, -0.2) is 0 Å². The number of anilines is 5. The summed E-state index contributed by atoms with van der Waals surface area (Å²) < 4.78 is 12.9. The predicted octanol–water partition coefficient (Wildman–Crippen LogP) is 20.5. The van der Waals surface area contributed by atoms with Gasteiger partial charge in [0.15, 0.2) is 0 Å². The molecule has 0 saturated carbocycles. The molecule has 3 radical (unpaired) electrons. The number of furan rings is 1. The fraction of sp³-hybridized carbons (Fsp3) is 0.167. The predicted molar refractivity (Wildman–Crippen MR) is 389 cm³/mol. The standard InChI is InChI=1S/C35H24N2O.C27H26N2O.C22H25N3S.3Ir/c1-5-14-26(15-6-1)32-24-36(29-20-11-4-12-21-29)25-37(32)31-23-13-22-30-33(27-16-7-2-8-17-27)34(38-35(30)31)28-18-9-3-10-19-28;1-19-15-20(2)26(21(3)16-19)25-17-28(23-11-5-4-6-12-23)18-29(25)24-13-7-9-22-10-8-14-30-27(22)24;1-13-10-14(2)23-16(4)21(13)20-11-24(6)12-25(20)19-9-7-8-18-15(3)17(5)26-22(18)19;;;/h1-22,24-25H;4-7,9,11-12,15-18H,8,10,14H2,1-3H3;7-8,10-12,15,17H,1-6H3;;;/q3*-2;;;. The van der Waals surface area contributed by atoms with E-state index in [1.165, 1.54) is 55.1 Å². The van der Waals surface area contributed by atoms with Gasteiger partial charge < -0.3 is 38.6 Å². The third-order valence-electron chi connectivity index (χ3n) is 18.1. The van der Waals surface area contributed by atoms with E-state index in [0.29, 0.717) is 11.2 Å². The van der Waals surface area contributed by atoms with E-state index in [4.69, 9.17) is 14.1 Å². The van der Waals surface area contributed by atoms with Gasteiger partial charge in [-0.05, 0) is 149 Å². The molecule has 5 aliphatic rings. The Hall–Kier alpha value is -8.21. The van der Waals surface area contributed by atoms with Crippen molar-refractivity contribution in [2.45, 2.75) is 84.3 Å². The first kappa shape index (κ1) is 70.1. The van der Waals surface area contributed by atoms with Gasteiger partial charge in [0.25, 0.3) is 0 Å². The first-order valence-corrected chi connectivity index (χ1v) is 33.2. The van der Waals surface area contributed by atoms with Crippen LogP contribution >= 0.6 is 11.8 Å². The van der Waals surface area contributed by atoms with E-state index in [2.05, 4.69) is 300 Å². The van der Waals surface area contributed by atoms with Crippen LogP contribution in [0.15, 0.2) is 234 Å². The Morgan fingerprint density at radius 1 is 0.515 bits per heavy atom. The van der Waals surface area contributed by atoms with Crippen LogP contribution in [0.1, 0.15) is 87.6 Å². The molecule has 97 heavy (non-hydrogen) atoms. The minimum Gasteiger partial charge on any atom is -0.549 e. The summed E-state index contributed by atoms with van der Waals surface area (Å²) in [6.07, 6.45) is 8.68. The van der Waals surface area contributed by atoms with Gasteiger partial charge in [-0.15, -0.1) is 24.5 Å². The Balaban J connectivity index is 0.000000148. The van der Waals surface area contributed by atoms with Gasteiger partial charge in [-0.2, -0.15) is 73.0 Å². The van der Waals surface area contributed by atoms with E-state index < -0.39 is 0 Å². The molecule has 0 N–H and O–H groups in total. The Morgan fingerprint density at radius 3 is 1.66 bits per heavy atom. The molecule has 16 rings (SSSR count). The molecule has 2 unspecified atom stereocenters. The van der Waals surface area contributed by atoms with Crippen molar-refractivity contribution in [3.63, 3.8) is 0 Å². The molecule has 9 aromatic carbocycles. The summed E-state index contributed by atoms with van der Waals surface area (Å²) in [5.41, 5.74) is 26.2. The smallest absolute Gasteiger partial charge is 0.124 e. The van der Waals surface area contributed by atoms with Gasteiger partial charge in [0.1, 0.15) is 5.76 Å². The number of nitrogens with zero attached hydrogens (tertiary/aromatic N) is 7. The van der Waals surface area contributed by atoms with Crippen LogP contribution in [0.4, 0.5) is 28.4 Å². The van der Waals surface area contributed by atoms with Gasteiger partial charge in [0, 0.05) is 134 Å². The Kier molecular flexibility index (Phi) is 22.2. The van der Waals surface area contributed by atoms with E-state index in [9.17, 15) is 0 Å². The van der Waals surface area contributed by atoms with E-state index in [0.717, 1.165) is 115 Å². The van der Waals surface area contributed by atoms with Crippen LogP contribution in [-0.2, 0) is 66.7 Å². The SMILES string of the molecule is Cc1cc(C)c(C2=CN(C)[CH-]N2c2[c-]ccc3c2SC(C)C3C)c(C)n1.Cc1cc(C)c(C2=CN(c3ccccc3)[CH-]N2c2[c-]ccc3c2OCCC3)c(C)c1.[Ir].[Ir].[Ir].[c-]1ccc2c(-c3ccccc3)c(-c3ccccc3)oc2c1N1[CH-]N(c2ccccc2)C=C1c1ccccc1.